The number of hydrogen-bond donors (Lipinski definition) is 3. The Kier molecular flexibility index (Phi) is 2.56. The van der Waals surface area contributed by atoms with Gasteiger partial charge in [-0.25, -0.2) is 19.3 Å². The van der Waals surface area contributed by atoms with E-state index in [4.69, 9.17) is 5.11 Å². The summed E-state index contributed by atoms with van der Waals surface area (Å²) in [5.41, 5.74) is 0.189. The zero-order chi connectivity index (χ0) is 14.3. The Morgan fingerprint density at radius 1 is 1.30 bits per heavy atom. The van der Waals surface area contributed by atoms with E-state index in [0.717, 1.165) is 12.1 Å². The highest BCUT2D eigenvalue weighted by Crippen LogP contribution is 2.21. The highest BCUT2D eigenvalue weighted by atomic mass is 19.1. The quantitative estimate of drug-likeness (QED) is 0.649. The summed E-state index contributed by atoms with van der Waals surface area (Å²) in [5, 5.41) is 14.9. The van der Waals surface area contributed by atoms with Crippen LogP contribution in [0.25, 0.3) is 22.6 Å². The van der Waals surface area contributed by atoms with Gasteiger partial charge in [0, 0.05) is 12.1 Å². The van der Waals surface area contributed by atoms with Crippen molar-refractivity contribution in [3.05, 3.63) is 46.0 Å². The molecule has 20 heavy (non-hydrogen) atoms. The third kappa shape index (κ3) is 1.92. The molecule has 0 radical (unpaired) electrons. The number of hydrogen-bond acceptors (Lipinski definition) is 4. The van der Waals surface area contributed by atoms with Crippen LogP contribution in [0.15, 0.2) is 29.1 Å². The van der Waals surface area contributed by atoms with Crippen molar-refractivity contribution in [3.8, 4) is 11.5 Å². The first-order valence-electron chi connectivity index (χ1n) is 5.53. The van der Waals surface area contributed by atoms with Crippen LogP contribution >= 0.6 is 0 Å². The molecule has 100 valence electrons. The Hall–Kier alpha value is -3.03. The fraction of sp³-hybridized carbons (Fsp3) is 0. The standard InChI is InChI=1S/C12H7FN4O3/c13-6-4-9-8(3-5(6)12(19)20)14-11(15-9)7-1-2-10(18)17-16-7/h1-4H,(H,14,15)(H,17,18)(H,19,20). The van der Waals surface area contributed by atoms with E-state index in [1.54, 1.807) is 0 Å². The molecule has 1 aromatic carbocycles. The molecule has 3 N–H and O–H groups in total. The zero-order valence-corrected chi connectivity index (χ0v) is 9.85. The first-order chi connectivity index (χ1) is 9.54. The monoisotopic (exact) mass is 274 g/mol. The van der Waals surface area contributed by atoms with Crippen molar-refractivity contribution in [2.24, 2.45) is 0 Å². The third-order valence-electron chi connectivity index (χ3n) is 2.72. The maximum absolute atomic E-state index is 13.5. The van der Waals surface area contributed by atoms with E-state index in [-0.39, 0.29) is 5.56 Å². The summed E-state index contributed by atoms with van der Waals surface area (Å²) in [6, 6.07) is 4.92. The molecule has 0 saturated carbocycles. The molecule has 0 amide bonds. The predicted molar refractivity (Wildman–Crippen MR) is 66.9 cm³/mol. The lowest BCUT2D eigenvalue weighted by atomic mass is 10.2. The Morgan fingerprint density at radius 3 is 2.75 bits per heavy atom. The van der Waals surface area contributed by atoms with Crippen LogP contribution in [0.5, 0.6) is 0 Å². The number of nitrogens with one attached hydrogen (secondary N) is 2. The molecule has 7 nitrogen and oxygen atoms in total. The normalized spacial score (nSPS) is 10.8. The van der Waals surface area contributed by atoms with Crippen LogP contribution in [0.4, 0.5) is 4.39 Å². The molecule has 0 bridgehead atoms. The molecule has 0 atom stereocenters. The molecular formula is C12H7FN4O3. The summed E-state index contributed by atoms with van der Waals surface area (Å²) in [6.45, 7) is 0. The van der Waals surface area contributed by atoms with Gasteiger partial charge >= 0.3 is 5.97 Å². The smallest absolute Gasteiger partial charge is 0.338 e. The molecule has 3 aromatic rings. The van der Waals surface area contributed by atoms with E-state index in [1.807, 2.05) is 0 Å². The Balaban J connectivity index is 2.17. The summed E-state index contributed by atoms with van der Waals surface area (Å²) in [6.07, 6.45) is 0. The van der Waals surface area contributed by atoms with Crippen LogP contribution in [0.2, 0.25) is 0 Å². The molecule has 3 rings (SSSR count). The molecule has 2 aromatic heterocycles. The van der Waals surface area contributed by atoms with Gasteiger partial charge in [-0.2, -0.15) is 5.10 Å². The van der Waals surface area contributed by atoms with Crippen LogP contribution in [0.3, 0.4) is 0 Å². The number of carboxylic acid groups (broad SMARTS) is 1. The zero-order valence-electron chi connectivity index (χ0n) is 9.85. The summed E-state index contributed by atoms with van der Waals surface area (Å²) in [7, 11) is 0. The van der Waals surface area contributed by atoms with Gasteiger partial charge in [0.15, 0.2) is 5.82 Å². The lowest BCUT2D eigenvalue weighted by Crippen LogP contribution is -2.05. The average Bonchev–Trinajstić information content (AvgIpc) is 2.81. The van der Waals surface area contributed by atoms with Gasteiger partial charge in [0.2, 0.25) is 0 Å². The van der Waals surface area contributed by atoms with E-state index in [2.05, 4.69) is 20.2 Å². The number of H-pyrrole nitrogens is 2. The summed E-state index contributed by atoms with van der Waals surface area (Å²) in [4.78, 5) is 28.7. The SMILES string of the molecule is O=C(O)c1cc2nc(-c3ccc(=O)[nH]n3)[nH]c2cc1F. The minimum Gasteiger partial charge on any atom is -0.478 e. The minimum absolute atomic E-state index is 0.298. The van der Waals surface area contributed by atoms with Crippen molar-refractivity contribution >= 4 is 17.0 Å². The second-order valence-corrected chi connectivity index (χ2v) is 4.05. The summed E-state index contributed by atoms with van der Waals surface area (Å²) in [5.74, 6) is -1.91. The molecule has 0 aliphatic carbocycles. The topological polar surface area (TPSA) is 112 Å². The Labute approximate surface area is 110 Å². The largest absolute Gasteiger partial charge is 0.478 e. The molecule has 0 aliphatic rings. The van der Waals surface area contributed by atoms with Crippen molar-refractivity contribution in [2.75, 3.05) is 0 Å². The molecule has 2 heterocycles. The molecule has 0 saturated heterocycles. The average molecular weight is 274 g/mol. The molecule has 0 aliphatic heterocycles. The molecule has 0 spiro atoms. The van der Waals surface area contributed by atoms with E-state index in [1.165, 1.54) is 12.1 Å². The fourth-order valence-electron chi connectivity index (χ4n) is 1.79. The van der Waals surface area contributed by atoms with Crippen molar-refractivity contribution in [1.29, 1.82) is 0 Å². The van der Waals surface area contributed by atoms with Gasteiger partial charge in [0.05, 0.1) is 16.6 Å². The maximum atomic E-state index is 13.5. The van der Waals surface area contributed by atoms with Crippen molar-refractivity contribution in [1.82, 2.24) is 20.2 Å². The number of halogens is 1. The second kappa shape index (κ2) is 4.26. The van der Waals surface area contributed by atoms with E-state index >= 15 is 0 Å². The Bertz CT molecular complexity index is 864. The molecule has 0 fully saturated rings. The third-order valence-corrected chi connectivity index (χ3v) is 2.72. The Morgan fingerprint density at radius 2 is 2.10 bits per heavy atom. The first kappa shape index (κ1) is 12.0. The number of carbonyl (C=O) groups is 1. The van der Waals surface area contributed by atoms with Crippen LogP contribution < -0.4 is 5.56 Å². The number of imidazole rings is 1. The predicted octanol–water partition coefficient (Wildman–Crippen LogP) is 1.15. The van der Waals surface area contributed by atoms with Gasteiger partial charge in [-0.05, 0) is 12.1 Å². The van der Waals surface area contributed by atoms with Crippen molar-refractivity contribution in [2.45, 2.75) is 0 Å². The highest BCUT2D eigenvalue weighted by Gasteiger charge is 2.14. The van der Waals surface area contributed by atoms with Gasteiger partial charge in [-0.15, -0.1) is 0 Å². The lowest BCUT2D eigenvalue weighted by Gasteiger charge is -1.95. The number of aromatic amines is 2. The number of rotatable bonds is 2. The van der Waals surface area contributed by atoms with Gasteiger partial charge < -0.3 is 10.1 Å². The van der Waals surface area contributed by atoms with Gasteiger partial charge in [-0.1, -0.05) is 0 Å². The summed E-state index contributed by atoms with van der Waals surface area (Å²) < 4.78 is 13.5. The maximum Gasteiger partial charge on any atom is 0.338 e. The number of fused-ring (bicyclic) bond motifs is 1. The van der Waals surface area contributed by atoms with Crippen LogP contribution in [-0.4, -0.2) is 31.2 Å². The van der Waals surface area contributed by atoms with Gasteiger partial charge in [0.25, 0.3) is 5.56 Å². The molecular weight excluding hydrogens is 267 g/mol. The number of aromatic carboxylic acids is 1. The summed E-state index contributed by atoms with van der Waals surface area (Å²) >= 11 is 0. The van der Waals surface area contributed by atoms with Gasteiger partial charge in [0.1, 0.15) is 11.5 Å². The van der Waals surface area contributed by atoms with E-state index < -0.39 is 17.3 Å². The van der Waals surface area contributed by atoms with Crippen LogP contribution in [0.1, 0.15) is 10.4 Å². The highest BCUT2D eigenvalue weighted by molar-refractivity contribution is 5.93. The van der Waals surface area contributed by atoms with Crippen LogP contribution in [-0.2, 0) is 0 Å². The van der Waals surface area contributed by atoms with Crippen molar-refractivity contribution in [3.63, 3.8) is 0 Å². The minimum atomic E-state index is -1.36. The number of aromatic nitrogens is 4. The second-order valence-electron chi connectivity index (χ2n) is 4.05. The van der Waals surface area contributed by atoms with E-state index in [0.29, 0.717) is 22.6 Å². The number of nitrogens with zero attached hydrogens (tertiary/aromatic N) is 2. The first-order valence-corrected chi connectivity index (χ1v) is 5.53. The fourth-order valence-corrected chi connectivity index (χ4v) is 1.79. The number of benzene rings is 1. The lowest BCUT2D eigenvalue weighted by molar-refractivity contribution is 0.0692. The number of carboxylic acids is 1. The van der Waals surface area contributed by atoms with Crippen LogP contribution in [0, 0.1) is 5.82 Å². The molecule has 0 unspecified atom stereocenters. The molecule has 8 heteroatoms. The van der Waals surface area contributed by atoms with Gasteiger partial charge in [-0.3, -0.25) is 4.79 Å². The van der Waals surface area contributed by atoms with E-state index in [9.17, 15) is 14.0 Å². The van der Waals surface area contributed by atoms with Crippen molar-refractivity contribution < 1.29 is 14.3 Å².